The van der Waals surface area contributed by atoms with Gasteiger partial charge in [-0.3, -0.25) is 9.36 Å². The third-order valence-corrected chi connectivity index (χ3v) is 2.30. The quantitative estimate of drug-likeness (QED) is 0.592. The summed E-state index contributed by atoms with van der Waals surface area (Å²) >= 11 is 11.5. The number of pyridine rings is 1. The van der Waals surface area contributed by atoms with Gasteiger partial charge in [0.05, 0.1) is 0 Å². The molecule has 0 amide bonds. The van der Waals surface area contributed by atoms with Crippen molar-refractivity contribution in [1.29, 1.82) is 0 Å². The Bertz CT molecular complexity index is 362. The van der Waals surface area contributed by atoms with Gasteiger partial charge in [-0.1, -0.05) is 23.2 Å². The van der Waals surface area contributed by atoms with Gasteiger partial charge in [0.1, 0.15) is 5.15 Å². The maximum atomic E-state index is 11.4. The molecule has 0 aliphatic rings. The van der Waals surface area contributed by atoms with Crippen molar-refractivity contribution in [3.63, 3.8) is 0 Å². The summed E-state index contributed by atoms with van der Waals surface area (Å²) in [5.74, 6) is 0. The van der Waals surface area contributed by atoms with Gasteiger partial charge in [-0.2, -0.15) is 0 Å². The minimum atomic E-state index is -0.182. The predicted molar refractivity (Wildman–Crippen MR) is 57.2 cm³/mol. The summed E-state index contributed by atoms with van der Waals surface area (Å²) in [4.78, 5) is 11.4. The number of nitrogens with zero attached hydrogens (tertiary/aromatic N) is 1. The third-order valence-electron chi connectivity index (χ3n) is 1.77. The maximum Gasteiger partial charge on any atom is 0.253 e. The van der Waals surface area contributed by atoms with Crippen LogP contribution in [0.1, 0.15) is 6.42 Å². The standard InChI is InChI=1S/C9H11Cl2NO2/c1-14-4-2-3-12-8(11)5-7(10)6-9(12)13/h5-6H,2-4H2,1H3. The molecule has 78 valence electrons. The van der Waals surface area contributed by atoms with Crippen molar-refractivity contribution in [1.82, 2.24) is 4.57 Å². The van der Waals surface area contributed by atoms with Crippen LogP contribution in [0.3, 0.4) is 0 Å². The summed E-state index contributed by atoms with van der Waals surface area (Å²) in [6.07, 6.45) is 0.748. The van der Waals surface area contributed by atoms with Gasteiger partial charge in [0, 0.05) is 31.4 Å². The molecule has 0 spiro atoms. The van der Waals surface area contributed by atoms with E-state index in [-0.39, 0.29) is 5.56 Å². The molecule has 1 heterocycles. The van der Waals surface area contributed by atoms with Crippen molar-refractivity contribution in [2.45, 2.75) is 13.0 Å². The van der Waals surface area contributed by atoms with Crippen LogP contribution in [0, 0.1) is 0 Å². The maximum absolute atomic E-state index is 11.4. The van der Waals surface area contributed by atoms with Gasteiger partial charge < -0.3 is 4.74 Å². The zero-order valence-electron chi connectivity index (χ0n) is 7.80. The van der Waals surface area contributed by atoms with Crippen LogP contribution < -0.4 is 5.56 Å². The molecule has 0 saturated heterocycles. The average molecular weight is 236 g/mol. The number of methoxy groups -OCH3 is 1. The van der Waals surface area contributed by atoms with Crippen LogP contribution in [0.4, 0.5) is 0 Å². The van der Waals surface area contributed by atoms with E-state index in [0.29, 0.717) is 23.3 Å². The molecule has 0 saturated carbocycles. The van der Waals surface area contributed by atoms with Gasteiger partial charge >= 0.3 is 0 Å². The van der Waals surface area contributed by atoms with E-state index in [4.69, 9.17) is 27.9 Å². The van der Waals surface area contributed by atoms with Gasteiger partial charge in [0.15, 0.2) is 0 Å². The molecule has 0 aliphatic carbocycles. The van der Waals surface area contributed by atoms with Crippen LogP contribution in [0.15, 0.2) is 16.9 Å². The van der Waals surface area contributed by atoms with Crippen molar-refractivity contribution < 1.29 is 4.74 Å². The summed E-state index contributed by atoms with van der Waals surface area (Å²) in [5, 5.41) is 0.724. The molecule has 0 radical (unpaired) electrons. The summed E-state index contributed by atoms with van der Waals surface area (Å²) in [6.45, 7) is 1.15. The van der Waals surface area contributed by atoms with Crippen molar-refractivity contribution in [2.75, 3.05) is 13.7 Å². The lowest BCUT2D eigenvalue weighted by Gasteiger charge is -2.07. The zero-order valence-corrected chi connectivity index (χ0v) is 9.31. The molecule has 0 bridgehead atoms. The topological polar surface area (TPSA) is 31.2 Å². The molecule has 1 aromatic rings. The number of hydrogen-bond donors (Lipinski definition) is 0. The second kappa shape index (κ2) is 5.39. The summed E-state index contributed by atoms with van der Waals surface area (Å²) in [7, 11) is 1.62. The Balaban J connectivity index is 2.81. The lowest BCUT2D eigenvalue weighted by atomic mass is 10.4. The van der Waals surface area contributed by atoms with E-state index in [1.165, 1.54) is 10.6 Å². The lowest BCUT2D eigenvalue weighted by molar-refractivity contribution is 0.190. The summed E-state index contributed by atoms with van der Waals surface area (Å²) < 4.78 is 6.35. The first kappa shape index (κ1) is 11.6. The number of aromatic nitrogens is 1. The molecule has 0 aromatic carbocycles. The minimum Gasteiger partial charge on any atom is -0.385 e. The van der Waals surface area contributed by atoms with E-state index in [1.807, 2.05) is 0 Å². The van der Waals surface area contributed by atoms with Crippen LogP contribution >= 0.6 is 23.2 Å². The first-order chi connectivity index (χ1) is 6.65. The van der Waals surface area contributed by atoms with Crippen LogP contribution in [0.2, 0.25) is 10.2 Å². The molecule has 14 heavy (non-hydrogen) atoms. The third kappa shape index (κ3) is 3.01. The fourth-order valence-electron chi connectivity index (χ4n) is 1.12. The highest BCUT2D eigenvalue weighted by atomic mass is 35.5. The highest BCUT2D eigenvalue weighted by molar-refractivity contribution is 6.33. The highest BCUT2D eigenvalue weighted by Gasteiger charge is 2.03. The van der Waals surface area contributed by atoms with Gasteiger partial charge in [-0.25, -0.2) is 0 Å². The largest absolute Gasteiger partial charge is 0.385 e. The van der Waals surface area contributed by atoms with Gasteiger partial charge in [-0.15, -0.1) is 0 Å². The van der Waals surface area contributed by atoms with E-state index in [0.717, 1.165) is 6.42 Å². The molecule has 0 atom stereocenters. The average Bonchev–Trinajstić information content (AvgIpc) is 2.09. The molecule has 0 fully saturated rings. The Kier molecular flexibility index (Phi) is 4.45. The van der Waals surface area contributed by atoms with Gasteiger partial charge in [0.2, 0.25) is 0 Å². The summed E-state index contributed by atoms with van der Waals surface area (Å²) in [6, 6.07) is 2.90. The smallest absolute Gasteiger partial charge is 0.253 e. The van der Waals surface area contributed by atoms with E-state index in [1.54, 1.807) is 13.2 Å². The van der Waals surface area contributed by atoms with E-state index in [9.17, 15) is 4.79 Å². The number of halogens is 2. The molecular formula is C9H11Cl2NO2. The fraction of sp³-hybridized carbons (Fsp3) is 0.444. The Morgan fingerprint density at radius 1 is 1.43 bits per heavy atom. The molecule has 0 unspecified atom stereocenters. The number of rotatable bonds is 4. The first-order valence-corrected chi connectivity index (χ1v) is 4.95. The minimum absolute atomic E-state index is 0.182. The molecule has 1 rings (SSSR count). The monoisotopic (exact) mass is 235 g/mol. The number of hydrogen-bond acceptors (Lipinski definition) is 2. The SMILES string of the molecule is COCCCn1c(Cl)cc(Cl)cc1=O. The van der Waals surface area contributed by atoms with Crippen LogP contribution in [0.25, 0.3) is 0 Å². The predicted octanol–water partition coefficient (Wildman–Crippen LogP) is 2.19. The molecule has 3 nitrogen and oxygen atoms in total. The molecule has 5 heteroatoms. The van der Waals surface area contributed by atoms with E-state index >= 15 is 0 Å². The fourth-order valence-corrected chi connectivity index (χ4v) is 1.66. The van der Waals surface area contributed by atoms with Crippen molar-refractivity contribution in [3.05, 3.63) is 32.7 Å². The Morgan fingerprint density at radius 3 is 2.71 bits per heavy atom. The van der Waals surface area contributed by atoms with Crippen molar-refractivity contribution in [2.24, 2.45) is 0 Å². The molecule has 1 aromatic heterocycles. The van der Waals surface area contributed by atoms with Crippen molar-refractivity contribution in [3.8, 4) is 0 Å². The second-order valence-electron chi connectivity index (χ2n) is 2.83. The van der Waals surface area contributed by atoms with Gasteiger partial charge in [0.25, 0.3) is 5.56 Å². The highest BCUT2D eigenvalue weighted by Crippen LogP contribution is 2.13. The normalized spacial score (nSPS) is 10.5. The van der Waals surface area contributed by atoms with Gasteiger partial charge in [-0.05, 0) is 12.5 Å². The lowest BCUT2D eigenvalue weighted by Crippen LogP contribution is -2.20. The zero-order chi connectivity index (χ0) is 10.6. The van der Waals surface area contributed by atoms with Crippen LogP contribution in [0.5, 0.6) is 0 Å². The second-order valence-corrected chi connectivity index (χ2v) is 3.66. The van der Waals surface area contributed by atoms with Crippen LogP contribution in [-0.2, 0) is 11.3 Å². The Hall–Kier alpha value is -0.510. The summed E-state index contributed by atoms with van der Waals surface area (Å²) in [5.41, 5.74) is -0.182. The molecule has 0 N–H and O–H groups in total. The van der Waals surface area contributed by atoms with E-state index in [2.05, 4.69) is 0 Å². The Labute approximate surface area is 92.2 Å². The Morgan fingerprint density at radius 2 is 2.14 bits per heavy atom. The molecular weight excluding hydrogens is 225 g/mol. The van der Waals surface area contributed by atoms with Crippen molar-refractivity contribution >= 4 is 23.2 Å². The first-order valence-electron chi connectivity index (χ1n) is 4.20. The number of ether oxygens (including phenoxy) is 1. The van der Waals surface area contributed by atoms with E-state index < -0.39 is 0 Å². The van der Waals surface area contributed by atoms with Crippen LogP contribution in [-0.4, -0.2) is 18.3 Å². The molecule has 0 aliphatic heterocycles.